The highest BCUT2D eigenvalue weighted by molar-refractivity contribution is 5.31. The van der Waals surface area contributed by atoms with Gasteiger partial charge in [-0.15, -0.1) is 0 Å². The number of methoxy groups -OCH3 is 1. The molecule has 2 unspecified atom stereocenters. The van der Waals surface area contributed by atoms with Gasteiger partial charge in [-0.3, -0.25) is 4.98 Å². The zero-order valence-corrected chi connectivity index (χ0v) is 12.1. The maximum absolute atomic E-state index is 13.2. The van der Waals surface area contributed by atoms with E-state index in [9.17, 15) is 9.50 Å². The van der Waals surface area contributed by atoms with E-state index in [1.54, 1.807) is 13.3 Å². The molecule has 4 nitrogen and oxygen atoms in total. The van der Waals surface area contributed by atoms with E-state index in [0.29, 0.717) is 0 Å². The lowest BCUT2D eigenvalue weighted by Gasteiger charge is -2.22. The topological polar surface area (TPSA) is 54.4 Å². The molecule has 0 bridgehead atoms. The minimum absolute atomic E-state index is 0.0692. The number of hydrogen-bond donors (Lipinski definition) is 2. The number of rotatable bonds is 6. The summed E-state index contributed by atoms with van der Waals surface area (Å²) in [5.74, 6) is 0.357. The Morgan fingerprint density at radius 3 is 2.76 bits per heavy atom. The Hall–Kier alpha value is -1.98. The normalized spacial score (nSPS) is 13.7. The number of aliphatic hydroxyl groups excluding tert-OH is 1. The molecule has 0 fully saturated rings. The van der Waals surface area contributed by atoms with Crippen LogP contribution >= 0.6 is 0 Å². The summed E-state index contributed by atoms with van der Waals surface area (Å²) in [6, 6.07) is 8.52. The lowest BCUT2D eigenvalue weighted by Crippen LogP contribution is -2.27. The van der Waals surface area contributed by atoms with Gasteiger partial charge in [-0.25, -0.2) is 4.39 Å². The zero-order valence-electron chi connectivity index (χ0n) is 12.1. The molecule has 5 heteroatoms. The average Bonchev–Trinajstić information content (AvgIpc) is 2.52. The van der Waals surface area contributed by atoms with Gasteiger partial charge in [0.05, 0.1) is 26.0 Å². The van der Waals surface area contributed by atoms with Crippen molar-refractivity contribution >= 4 is 0 Å². The van der Waals surface area contributed by atoms with Crippen molar-refractivity contribution in [2.75, 3.05) is 13.7 Å². The summed E-state index contributed by atoms with van der Waals surface area (Å²) in [6.45, 7) is 1.83. The van der Waals surface area contributed by atoms with Gasteiger partial charge in [0.1, 0.15) is 11.6 Å². The number of hydrogen-bond acceptors (Lipinski definition) is 4. The van der Waals surface area contributed by atoms with Crippen LogP contribution in [-0.2, 0) is 0 Å². The number of pyridine rings is 1. The molecular formula is C16H19FN2O2. The van der Waals surface area contributed by atoms with Gasteiger partial charge in [0.2, 0.25) is 0 Å². The van der Waals surface area contributed by atoms with Gasteiger partial charge in [0.15, 0.2) is 0 Å². The molecule has 1 aromatic heterocycles. The summed E-state index contributed by atoms with van der Waals surface area (Å²) in [5.41, 5.74) is 1.64. The summed E-state index contributed by atoms with van der Waals surface area (Å²) in [6.07, 6.45) is 2.78. The Morgan fingerprint density at radius 2 is 2.10 bits per heavy atom. The third kappa shape index (κ3) is 4.00. The van der Waals surface area contributed by atoms with Crippen molar-refractivity contribution in [2.24, 2.45) is 0 Å². The number of halogens is 1. The molecule has 2 N–H and O–H groups in total. The Labute approximate surface area is 123 Å². The van der Waals surface area contributed by atoms with Crippen LogP contribution < -0.4 is 10.1 Å². The number of ether oxygens (including phenoxy) is 1. The second-order valence-corrected chi connectivity index (χ2v) is 4.84. The van der Waals surface area contributed by atoms with Crippen LogP contribution in [0.1, 0.15) is 30.1 Å². The van der Waals surface area contributed by atoms with Gasteiger partial charge in [0.25, 0.3) is 0 Å². The third-order valence-electron chi connectivity index (χ3n) is 3.36. The highest BCUT2D eigenvalue weighted by atomic mass is 19.1. The van der Waals surface area contributed by atoms with E-state index >= 15 is 0 Å². The third-order valence-corrected chi connectivity index (χ3v) is 3.36. The van der Waals surface area contributed by atoms with Gasteiger partial charge in [0, 0.05) is 12.2 Å². The zero-order chi connectivity index (χ0) is 15.2. The van der Waals surface area contributed by atoms with Crippen molar-refractivity contribution in [3.05, 3.63) is 59.7 Å². The van der Waals surface area contributed by atoms with Gasteiger partial charge >= 0.3 is 0 Å². The fourth-order valence-corrected chi connectivity index (χ4v) is 2.18. The Kier molecular flexibility index (Phi) is 5.25. The van der Waals surface area contributed by atoms with E-state index in [1.165, 1.54) is 12.3 Å². The van der Waals surface area contributed by atoms with Crippen LogP contribution in [-0.4, -0.2) is 23.8 Å². The maximum Gasteiger partial charge on any atom is 0.141 e. The van der Waals surface area contributed by atoms with E-state index < -0.39 is 0 Å². The first-order valence-corrected chi connectivity index (χ1v) is 6.75. The maximum atomic E-state index is 13.2. The SMILES string of the molecule is COc1cccc(C(CO)NC(C)c2cncc(F)c2)c1. The Balaban J connectivity index is 2.14. The number of nitrogens with one attached hydrogen (secondary N) is 1. The second-order valence-electron chi connectivity index (χ2n) is 4.84. The van der Waals surface area contributed by atoms with Crippen LogP contribution in [0, 0.1) is 5.82 Å². The number of aromatic nitrogens is 1. The standard InChI is InChI=1S/C16H19FN2O2/c1-11(13-6-14(17)9-18-8-13)19-16(10-20)12-4-3-5-15(7-12)21-2/h3-9,11,16,19-20H,10H2,1-2H3. The highest BCUT2D eigenvalue weighted by Crippen LogP contribution is 2.22. The van der Waals surface area contributed by atoms with E-state index in [0.717, 1.165) is 16.9 Å². The molecule has 0 spiro atoms. The molecule has 0 aliphatic heterocycles. The quantitative estimate of drug-likeness (QED) is 0.858. The highest BCUT2D eigenvalue weighted by Gasteiger charge is 2.15. The first-order chi connectivity index (χ1) is 10.1. The monoisotopic (exact) mass is 290 g/mol. The molecule has 0 saturated carbocycles. The van der Waals surface area contributed by atoms with Crippen LogP contribution in [0.15, 0.2) is 42.7 Å². The lowest BCUT2D eigenvalue weighted by atomic mass is 10.0. The van der Waals surface area contributed by atoms with Crippen molar-refractivity contribution in [1.29, 1.82) is 0 Å². The van der Waals surface area contributed by atoms with Gasteiger partial charge in [-0.2, -0.15) is 0 Å². The van der Waals surface area contributed by atoms with Crippen LogP contribution in [0.3, 0.4) is 0 Å². The van der Waals surface area contributed by atoms with E-state index in [1.807, 2.05) is 31.2 Å². The summed E-state index contributed by atoms with van der Waals surface area (Å²) in [7, 11) is 1.60. The van der Waals surface area contributed by atoms with Crippen molar-refractivity contribution in [2.45, 2.75) is 19.0 Å². The van der Waals surface area contributed by atoms with E-state index in [2.05, 4.69) is 10.3 Å². The van der Waals surface area contributed by atoms with Crippen molar-refractivity contribution < 1.29 is 14.2 Å². The van der Waals surface area contributed by atoms with Crippen molar-refractivity contribution in [3.63, 3.8) is 0 Å². The largest absolute Gasteiger partial charge is 0.497 e. The number of nitrogens with zero attached hydrogens (tertiary/aromatic N) is 1. The summed E-state index contributed by atoms with van der Waals surface area (Å²) < 4.78 is 18.4. The summed E-state index contributed by atoms with van der Waals surface area (Å²) in [5, 5.41) is 12.9. The lowest BCUT2D eigenvalue weighted by molar-refractivity contribution is 0.235. The molecule has 0 amide bonds. The molecule has 0 aliphatic carbocycles. The average molecular weight is 290 g/mol. The molecule has 1 aromatic carbocycles. The van der Waals surface area contributed by atoms with E-state index in [-0.39, 0.29) is 24.5 Å². The number of aliphatic hydroxyl groups is 1. The Morgan fingerprint density at radius 1 is 1.29 bits per heavy atom. The second kappa shape index (κ2) is 7.15. The van der Waals surface area contributed by atoms with Crippen molar-refractivity contribution in [1.82, 2.24) is 10.3 Å². The van der Waals surface area contributed by atoms with Crippen LogP contribution in [0.2, 0.25) is 0 Å². The predicted octanol–water partition coefficient (Wildman–Crippen LogP) is 2.61. The number of benzene rings is 1. The fourth-order valence-electron chi connectivity index (χ4n) is 2.18. The molecule has 2 rings (SSSR count). The van der Waals surface area contributed by atoms with Crippen LogP contribution in [0.5, 0.6) is 5.75 Å². The summed E-state index contributed by atoms with van der Waals surface area (Å²) in [4.78, 5) is 3.84. The first kappa shape index (κ1) is 15.4. The van der Waals surface area contributed by atoms with Gasteiger partial charge in [-0.05, 0) is 36.2 Å². The molecule has 1 heterocycles. The minimum atomic E-state index is -0.372. The molecule has 0 radical (unpaired) electrons. The fraction of sp³-hybridized carbons (Fsp3) is 0.312. The predicted molar refractivity (Wildman–Crippen MR) is 78.6 cm³/mol. The minimum Gasteiger partial charge on any atom is -0.497 e. The first-order valence-electron chi connectivity index (χ1n) is 6.75. The molecule has 0 saturated heterocycles. The van der Waals surface area contributed by atoms with E-state index in [4.69, 9.17) is 4.74 Å². The molecule has 2 atom stereocenters. The smallest absolute Gasteiger partial charge is 0.141 e. The molecule has 0 aliphatic rings. The Bertz CT molecular complexity index is 592. The van der Waals surface area contributed by atoms with Crippen LogP contribution in [0.25, 0.3) is 0 Å². The van der Waals surface area contributed by atoms with Gasteiger partial charge < -0.3 is 15.2 Å². The molecular weight excluding hydrogens is 271 g/mol. The summed E-state index contributed by atoms with van der Waals surface area (Å²) >= 11 is 0. The molecule has 21 heavy (non-hydrogen) atoms. The van der Waals surface area contributed by atoms with Crippen LogP contribution in [0.4, 0.5) is 4.39 Å². The molecule has 112 valence electrons. The van der Waals surface area contributed by atoms with Crippen molar-refractivity contribution in [3.8, 4) is 5.75 Å². The molecule has 2 aromatic rings. The van der Waals surface area contributed by atoms with Gasteiger partial charge in [-0.1, -0.05) is 12.1 Å².